The van der Waals surface area contributed by atoms with Crippen molar-refractivity contribution in [2.24, 2.45) is 11.8 Å². The Hall–Kier alpha value is -4.03. The first-order valence-electron chi connectivity index (χ1n) is 15.3. The molecule has 2 heterocycles. The Kier molecular flexibility index (Phi) is 8.34. The Labute approximate surface area is 249 Å². The molecule has 1 N–H and O–H groups in total. The molecule has 1 aliphatic heterocycles. The van der Waals surface area contributed by atoms with E-state index in [1.165, 1.54) is 31.2 Å². The summed E-state index contributed by atoms with van der Waals surface area (Å²) in [4.78, 5) is 26.4. The number of aromatic nitrogens is 2. The van der Waals surface area contributed by atoms with Gasteiger partial charge in [0, 0.05) is 37.3 Å². The number of benzene rings is 3. The predicted molar refractivity (Wildman–Crippen MR) is 173 cm³/mol. The summed E-state index contributed by atoms with van der Waals surface area (Å²) in [5.74, 6) is 3.59. The van der Waals surface area contributed by atoms with Crippen molar-refractivity contribution in [3.63, 3.8) is 0 Å². The van der Waals surface area contributed by atoms with Crippen LogP contribution in [0.5, 0.6) is 0 Å². The summed E-state index contributed by atoms with van der Waals surface area (Å²) in [6.45, 7) is 4.95. The van der Waals surface area contributed by atoms with Crippen LogP contribution >= 0.6 is 0 Å². The van der Waals surface area contributed by atoms with Crippen molar-refractivity contribution in [3.8, 4) is 0 Å². The van der Waals surface area contributed by atoms with Crippen molar-refractivity contribution in [1.29, 1.82) is 0 Å². The maximum atomic E-state index is 12.8. The highest BCUT2D eigenvalue weighted by atomic mass is 16.2. The van der Waals surface area contributed by atoms with Gasteiger partial charge in [-0.25, -0.2) is 9.97 Å². The van der Waals surface area contributed by atoms with Crippen LogP contribution in [0.2, 0.25) is 0 Å². The van der Waals surface area contributed by atoms with Gasteiger partial charge in [0.2, 0.25) is 0 Å². The van der Waals surface area contributed by atoms with Gasteiger partial charge in [0.15, 0.2) is 5.82 Å². The second kappa shape index (κ2) is 12.5. The molecule has 6 heteroatoms. The van der Waals surface area contributed by atoms with Crippen LogP contribution in [0.3, 0.4) is 0 Å². The van der Waals surface area contributed by atoms with Crippen LogP contribution < -0.4 is 15.1 Å². The molecule has 0 bridgehead atoms. The number of anilines is 2. The highest BCUT2D eigenvalue weighted by Crippen LogP contribution is 2.31. The lowest BCUT2D eigenvalue weighted by Crippen LogP contribution is -2.29. The highest BCUT2D eigenvalue weighted by molar-refractivity contribution is 6.10. The van der Waals surface area contributed by atoms with Gasteiger partial charge in [-0.05, 0) is 97.5 Å². The second-order valence-electron chi connectivity index (χ2n) is 12.2. The zero-order chi connectivity index (χ0) is 29.1. The molecule has 1 unspecified atom stereocenters. The minimum Gasteiger partial charge on any atom is -0.362 e. The number of hydrogen-bond donors (Lipinski definition) is 1. The van der Waals surface area contributed by atoms with Gasteiger partial charge in [0.25, 0.3) is 5.91 Å². The second-order valence-corrected chi connectivity index (χ2v) is 12.2. The van der Waals surface area contributed by atoms with Crippen molar-refractivity contribution >= 4 is 34.4 Å². The van der Waals surface area contributed by atoms with E-state index in [1.54, 1.807) is 0 Å². The van der Waals surface area contributed by atoms with E-state index in [0.29, 0.717) is 18.4 Å². The number of allylic oxidation sites excluding steroid dienone is 1. The topological polar surface area (TPSA) is 61.4 Å². The Balaban J connectivity index is 0.956. The quantitative estimate of drug-likeness (QED) is 0.238. The van der Waals surface area contributed by atoms with Crippen molar-refractivity contribution in [2.45, 2.75) is 45.1 Å². The lowest BCUT2D eigenvalue weighted by Gasteiger charge is -2.27. The van der Waals surface area contributed by atoms with Crippen molar-refractivity contribution in [3.05, 3.63) is 101 Å². The molecule has 0 saturated heterocycles. The molecule has 1 amide bonds. The molecular formula is C36H41N5O. The van der Waals surface area contributed by atoms with E-state index in [-0.39, 0.29) is 5.91 Å². The van der Waals surface area contributed by atoms with Gasteiger partial charge >= 0.3 is 0 Å². The summed E-state index contributed by atoms with van der Waals surface area (Å²) in [5.41, 5.74) is 5.19. The first-order valence-corrected chi connectivity index (χ1v) is 15.3. The van der Waals surface area contributed by atoms with Crippen molar-refractivity contribution in [1.82, 2.24) is 15.3 Å². The SMILES string of the molecule is CC(CNCC1CCC(/C=C/c2nc(N(C)C)c3ccccc3n2)CC1)c1ccc(N2Cc3ccccc3C2=O)cc1. The van der Waals surface area contributed by atoms with Crippen molar-refractivity contribution < 1.29 is 4.79 Å². The molecule has 0 spiro atoms. The molecule has 4 aromatic rings. The standard InChI is InChI=1S/C36H41N5O/c1-25(28-17-19-30(20-18-28)41-24-29-8-4-5-9-31(29)36(41)42)22-37-23-27-14-12-26(13-15-27)16-21-34-38-33-11-7-6-10-32(33)35(39-34)40(2)3/h4-11,16-21,25-27,37H,12-15,22-24H2,1-3H3/b21-16+. The van der Waals surface area contributed by atoms with Gasteiger partial charge in [-0.3, -0.25) is 4.79 Å². The number of hydrogen-bond acceptors (Lipinski definition) is 5. The third-order valence-electron chi connectivity index (χ3n) is 8.91. The molecule has 2 aliphatic rings. The lowest BCUT2D eigenvalue weighted by atomic mass is 9.81. The number of nitrogens with one attached hydrogen (secondary N) is 1. The van der Waals surface area contributed by atoms with Gasteiger partial charge in [0.1, 0.15) is 5.82 Å². The van der Waals surface area contributed by atoms with Crippen molar-refractivity contribution in [2.75, 3.05) is 37.0 Å². The van der Waals surface area contributed by atoms with E-state index in [2.05, 4.69) is 65.7 Å². The maximum absolute atomic E-state index is 12.8. The first-order chi connectivity index (χ1) is 20.5. The van der Waals surface area contributed by atoms with Crippen LogP contribution in [-0.2, 0) is 6.54 Å². The van der Waals surface area contributed by atoms with Gasteiger partial charge in [0.05, 0.1) is 12.1 Å². The van der Waals surface area contributed by atoms with E-state index in [4.69, 9.17) is 9.97 Å². The number of carbonyl (C=O) groups excluding carboxylic acids is 1. The first kappa shape index (κ1) is 28.1. The molecule has 6 rings (SSSR count). The number of fused-ring (bicyclic) bond motifs is 2. The molecule has 1 saturated carbocycles. The number of rotatable bonds is 9. The molecule has 3 aromatic carbocycles. The zero-order valence-corrected chi connectivity index (χ0v) is 25.0. The van der Waals surface area contributed by atoms with Gasteiger partial charge < -0.3 is 15.1 Å². The summed E-state index contributed by atoms with van der Waals surface area (Å²) >= 11 is 0. The normalized spacial score (nSPS) is 19.4. The number of para-hydroxylation sites is 1. The highest BCUT2D eigenvalue weighted by Gasteiger charge is 2.28. The number of amides is 1. The fourth-order valence-electron chi connectivity index (χ4n) is 6.37. The molecule has 1 atom stereocenters. The summed E-state index contributed by atoms with van der Waals surface area (Å²) in [5, 5.41) is 4.83. The molecule has 6 nitrogen and oxygen atoms in total. The van der Waals surface area contributed by atoms with E-state index < -0.39 is 0 Å². The third-order valence-corrected chi connectivity index (χ3v) is 8.91. The molecule has 1 aromatic heterocycles. The smallest absolute Gasteiger partial charge is 0.258 e. The summed E-state index contributed by atoms with van der Waals surface area (Å²) in [6, 6.07) is 24.7. The zero-order valence-electron chi connectivity index (χ0n) is 25.0. The summed E-state index contributed by atoms with van der Waals surface area (Å²) in [6.07, 6.45) is 9.37. The van der Waals surface area contributed by atoms with Crippen LogP contribution in [0.25, 0.3) is 17.0 Å². The largest absolute Gasteiger partial charge is 0.362 e. The lowest BCUT2D eigenvalue weighted by molar-refractivity contribution is 0.0996. The third kappa shape index (κ3) is 6.09. The van der Waals surface area contributed by atoms with Crippen LogP contribution in [0.4, 0.5) is 11.5 Å². The van der Waals surface area contributed by atoms with Gasteiger partial charge in [-0.1, -0.05) is 55.5 Å². The van der Waals surface area contributed by atoms with Crippen LogP contribution in [0.15, 0.2) is 78.9 Å². The van der Waals surface area contributed by atoms with Crippen LogP contribution in [-0.4, -0.2) is 43.1 Å². The maximum Gasteiger partial charge on any atom is 0.258 e. The minimum atomic E-state index is 0.0961. The predicted octanol–water partition coefficient (Wildman–Crippen LogP) is 7.07. The average Bonchev–Trinajstić information content (AvgIpc) is 3.36. The molecule has 0 radical (unpaired) electrons. The van der Waals surface area contributed by atoms with Gasteiger partial charge in [-0.15, -0.1) is 0 Å². The Bertz CT molecular complexity index is 1570. The fourth-order valence-corrected chi connectivity index (χ4v) is 6.37. The van der Waals surface area contributed by atoms with E-state index >= 15 is 0 Å². The summed E-state index contributed by atoms with van der Waals surface area (Å²) < 4.78 is 0. The summed E-state index contributed by atoms with van der Waals surface area (Å²) in [7, 11) is 4.07. The van der Waals surface area contributed by atoms with E-state index in [9.17, 15) is 4.79 Å². The van der Waals surface area contributed by atoms with Gasteiger partial charge in [-0.2, -0.15) is 0 Å². The molecule has 42 heavy (non-hydrogen) atoms. The Morgan fingerprint density at radius 1 is 0.952 bits per heavy atom. The van der Waals surface area contributed by atoms with E-state index in [1.807, 2.05) is 55.4 Å². The van der Waals surface area contributed by atoms with E-state index in [0.717, 1.165) is 58.4 Å². The van der Waals surface area contributed by atoms with Crippen LogP contribution in [0, 0.1) is 11.8 Å². The Morgan fingerprint density at radius 2 is 1.69 bits per heavy atom. The molecule has 216 valence electrons. The number of carbonyl (C=O) groups is 1. The molecule has 1 fully saturated rings. The average molecular weight is 560 g/mol. The molecular weight excluding hydrogens is 518 g/mol. The fraction of sp³-hybridized carbons (Fsp3) is 0.361. The van der Waals surface area contributed by atoms with Crippen LogP contribution in [0.1, 0.15) is 65.8 Å². The molecule has 1 aliphatic carbocycles. The Morgan fingerprint density at radius 3 is 2.45 bits per heavy atom. The monoisotopic (exact) mass is 559 g/mol. The minimum absolute atomic E-state index is 0.0961. The number of nitrogens with zero attached hydrogens (tertiary/aromatic N) is 4.